The van der Waals surface area contributed by atoms with Crippen molar-refractivity contribution in [2.24, 2.45) is 7.05 Å². The van der Waals surface area contributed by atoms with Crippen molar-refractivity contribution in [2.75, 3.05) is 0 Å². The molecule has 0 saturated carbocycles. The predicted octanol–water partition coefficient (Wildman–Crippen LogP) is 5.67. The van der Waals surface area contributed by atoms with Gasteiger partial charge in [-0.25, -0.2) is 0 Å². The molecule has 0 fully saturated rings. The number of halogens is 2. The van der Waals surface area contributed by atoms with Gasteiger partial charge in [-0.15, -0.1) is 0 Å². The van der Waals surface area contributed by atoms with Crippen molar-refractivity contribution in [3.8, 4) is 22.3 Å². The summed E-state index contributed by atoms with van der Waals surface area (Å²) in [6.07, 6.45) is 0. The quantitative estimate of drug-likeness (QED) is 0.575. The van der Waals surface area contributed by atoms with Crippen molar-refractivity contribution in [1.29, 1.82) is 0 Å². The van der Waals surface area contributed by atoms with Gasteiger partial charge in [-0.3, -0.25) is 0 Å². The number of rotatable bonds is 2. The lowest BCUT2D eigenvalue weighted by Gasteiger charge is -2.05. The third-order valence-corrected chi connectivity index (χ3v) is 4.26. The second kappa shape index (κ2) is 5.35. The molecule has 0 aliphatic rings. The van der Waals surface area contributed by atoms with E-state index < -0.39 is 0 Å². The summed E-state index contributed by atoms with van der Waals surface area (Å²) in [5, 5.41) is 1.31. The van der Waals surface area contributed by atoms with E-state index in [4.69, 9.17) is 23.2 Å². The molecular weight excluding hydrogens is 289 g/mol. The molecule has 0 amide bonds. The van der Waals surface area contributed by atoms with Crippen LogP contribution in [-0.2, 0) is 7.05 Å². The molecule has 0 aliphatic carbocycles. The summed E-state index contributed by atoms with van der Waals surface area (Å²) in [5.41, 5.74) is 4.09. The van der Waals surface area contributed by atoms with E-state index in [1.54, 1.807) is 0 Å². The average molecular weight is 302 g/mol. The van der Waals surface area contributed by atoms with E-state index in [0.717, 1.165) is 22.3 Å². The zero-order chi connectivity index (χ0) is 14.1. The smallest absolute Gasteiger partial charge is 0.118 e. The van der Waals surface area contributed by atoms with Gasteiger partial charge in [0.2, 0.25) is 0 Å². The Morgan fingerprint density at radius 1 is 0.650 bits per heavy atom. The lowest BCUT2D eigenvalue weighted by Crippen LogP contribution is -1.86. The molecule has 100 valence electrons. The third-order valence-electron chi connectivity index (χ3n) is 3.38. The largest absolute Gasteiger partial charge is 0.325 e. The monoisotopic (exact) mass is 301 g/mol. The number of hydrogen-bond acceptors (Lipinski definition) is 0. The molecule has 2 aromatic carbocycles. The van der Waals surface area contributed by atoms with E-state index in [0.29, 0.717) is 10.3 Å². The van der Waals surface area contributed by atoms with Crippen molar-refractivity contribution in [2.45, 2.75) is 0 Å². The third kappa shape index (κ3) is 2.13. The lowest BCUT2D eigenvalue weighted by molar-refractivity contribution is 0.931. The summed E-state index contributed by atoms with van der Waals surface area (Å²) in [7, 11) is 1.88. The molecule has 0 bridgehead atoms. The summed E-state index contributed by atoms with van der Waals surface area (Å²) in [6, 6.07) is 20.2. The van der Waals surface area contributed by atoms with E-state index in [1.165, 1.54) is 0 Å². The van der Waals surface area contributed by atoms with Gasteiger partial charge in [-0.05, 0) is 11.1 Å². The molecule has 0 radical (unpaired) electrons. The fourth-order valence-electron chi connectivity index (χ4n) is 2.36. The first-order valence-corrected chi connectivity index (χ1v) is 7.10. The Bertz CT molecular complexity index is 668. The Labute approximate surface area is 128 Å². The molecule has 0 saturated heterocycles. The highest BCUT2D eigenvalue weighted by Gasteiger charge is 2.20. The van der Waals surface area contributed by atoms with Crippen molar-refractivity contribution < 1.29 is 0 Å². The Balaban J connectivity index is 2.32. The van der Waals surface area contributed by atoms with Crippen LogP contribution in [0.5, 0.6) is 0 Å². The van der Waals surface area contributed by atoms with Gasteiger partial charge in [-0.1, -0.05) is 83.9 Å². The van der Waals surface area contributed by atoms with E-state index in [1.807, 2.05) is 72.3 Å². The fourth-order valence-corrected chi connectivity index (χ4v) is 2.98. The van der Waals surface area contributed by atoms with Crippen LogP contribution < -0.4 is 0 Å². The maximum atomic E-state index is 6.48. The summed E-state index contributed by atoms with van der Waals surface area (Å²) in [5.74, 6) is 0. The molecule has 0 aliphatic heterocycles. The standard InChI is InChI=1S/C17H13Cl2N/c1-20-16(18)14(12-8-4-2-5-9-12)15(17(20)19)13-10-6-3-7-11-13/h2-11H,1H3. The molecule has 0 unspecified atom stereocenters. The minimum absolute atomic E-state index is 0.653. The number of benzene rings is 2. The first-order chi connectivity index (χ1) is 9.70. The molecule has 0 N–H and O–H groups in total. The maximum absolute atomic E-state index is 6.48. The average Bonchev–Trinajstić information content (AvgIpc) is 2.73. The van der Waals surface area contributed by atoms with Crippen molar-refractivity contribution >= 4 is 23.2 Å². The number of nitrogens with zero attached hydrogens (tertiary/aromatic N) is 1. The highest BCUT2D eigenvalue weighted by molar-refractivity contribution is 6.38. The second-order valence-corrected chi connectivity index (χ2v) is 5.34. The van der Waals surface area contributed by atoms with Crippen LogP contribution in [0.15, 0.2) is 60.7 Å². The summed E-state index contributed by atoms with van der Waals surface area (Å²) < 4.78 is 1.81. The topological polar surface area (TPSA) is 4.93 Å². The van der Waals surface area contributed by atoms with E-state index in [2.05, 4.69) is 0 Å². The van der Waals surface area contributed by atoms with Gasteiger partial charge in [0.1, 0.15) is 10.3 Å². The highest BCUT2D eigenvalue weighted by atomic mass is 35.5. The molecule has 3 heteroatoms. The normalized spacial score (nSPS) is 10.8. The molecule has 0 atom stereocenters. The van der Waals surface area contributed by atoms with Crippen LogP contribution >= 0.6 is 23.2 Å². The van der Waals surface area contributed by atoms with Crippen LogP contribution in [0.25, 0.3) is 22.3 Å². The van der Waals surface area contributed by atoms with Gasteiger partial charge >= 0.3 is 0 Å². The van der Waals surface area contributed by atoms with Gasteiger partial charge in [0, 0.05) is 18.2 Å². The molecule has 1 nitrogen and oxygen atoms in total. The number of aromatic nitrogens is 1. The van der Waals surface area contributed by atoms with Crippen molar-refractivity contribution in [1.82, 2.24) is 4.57 Å². The molecule has 3 aromatic rings. The molecule has 1 aromatic heterocycles. The zero-order valence-electron chi connectivity index (χ0n) is 11.0. The molecular formula is C17H13Cl2N. The maximum Gasteiger partial charge on any atom is 0.118 e. The van der Waals surface area contributed by atoms with Gasteiger partial charge in [0.25, 0.3) is 0 Å². The van der Waals surface area contributed by atoms with Crippen molar-refractivity contribution in [3.63, 3.8) is 0 Å². The zero-order valence-corrected chi connectivity index (χ0v) is 12.5. The second-order valence-electron chi connectivity index (χ2n) is 4.62. The highest BCUT2D eigenvalue weighted by Crippen LogP contribution is 2.43. The molecule has 0 spiro atoms. The Hall–Kier alpha value is -1.70. The molecule has 1 heterocycles. The van der Waals surface area contributed by atoms with Crippen LogP contribution in [-0.4, -0.2) is 4.57 Å². The summed E-state index contributed by atoms with van der Waals surface area (Å²) >= 11 is 13.0. The van der Waals surface area contributed by atoms with Gasteiger partial charge < -0.3 is 4.57 Å². The van der Waals surface area contributed by atoms with E-state index in [9.17, 15) is 0 Å². The molecule has 3 rings (SSSR count). The number of hydrogen-bond donors (Lipinski definition) is 0. The Kier molecular flexibility index (Phi) is 3.56. The summed E-state index contributed by atoms with van der Waals surface area (Å²) in [6.45, 7) is 0. The van der Waals surface area contributed by atoms with Crippen LogP contribution in [0.4, 0.5) is 0 Å². The van der Waals surface area contributed by atoms with Gasteiger partial charge in [0.05, 0.1) is 0 Å². The van der Waals surface area contributed by atoms with Crippen LogP contribution in [0.1, 0.15) is 0 Å². The minimum Gasteiger partial charge on any atom is -0.325 e. The van der Waals surface area contributed by atoms with Crippen LogP contribution in [0.2, 0.25) is 10.3 Å². The van der Waals surface area contributed by atoms with E-state index in [-0.39, 0.29) is 0 Å². The first kappa shape index (κ1) is 13.3. The Morgan fingerprint density at radius 3 is 1.35 bits per heavy atom. The van der Waals surface area contributed by atoms with E-state index >= 15 is 0 Å². The molecule has 20 heavy (non-hydrogen) atoms. The Morgan fingerprint density at radius 2 is 1.00 bits per heavy atom. The fraction of sp³-hybridized carbons (Fsp3) is 0.0588. The van der Waals surface area contributed by atoms with Gasteiger partial charge in [-0.2, -0.15) is 0 Å². The predicted molar refractivity (Wildman–Crippen MR) is 86.3 cm³/mol. The SMILES string of the molecule is Cn1c(Cl)c(-c2ccccc2)c(-c2ccccc2)c1Cl. The van der Waals surface area contributed by atoms with Gasteiger partial charge in [0.15, 0.2) is 0 Å². The van der Waals surface area contributed by atoms with Crippen LogP contribution in [0, 0.1) is 0 Å². The first-order valence-electron chi connectivity index (χ1n) is 6.34. The van der Waals surface area contributed by atoms with Crippen LogP contribution in [0.3, 0.4) is 0 Å². The lowest BCUT2D eigenvalue weighted by atomic mass is 9.99. The summed E-state index contributed by atoms with van der Waals surface area (Å²) in [4.78, 5) is 0. The van der Waals surface area contributed by atoms with Crippen molar-refractivity contribution in [3.05, 3.63) is 71.0 Å². The minimum atomic E-state index is 0.653.